The van der Waals surface area contributed by atoms with Gasteiger partial charge < -0.3 is 11.1 Å². The summed E-state index contributed by atoms with van der Waals surface area (Å²) in [5, 5.41) is 3.12. The van der Waals surface area contributed by atoms with Crippen molar-refractivity contribution in [3.8, 4) is 0 Å². The highest BCUT2D eigenvalue weighted by Crippen LogP contribution is 2.23. The van der Waals surface area contributed by atoms with Gasteiger partial charge in [0.25, 0.3) is 0 Å². The van der Waals surface area contributed by atoms with Crippen LogP contribution in [0.2, 0.25) is 0 Å². The Morgan fingerprint density at radius 3 is 2.47 bits per heavy atom. The Bertz CT molecular complexity index is 615. The molecule has 0 aliphatic heterocycles. The highest BCUT2D eigenvalue weighted by molar-refractivity contribution is 5.81. The summed E-state index contributed by atoms with van der Waals surface area (Å²) in [6.07, 6.45) is 1.74. The quantitative estimate of drug-likeness (QED) is 0.805. The molecule has 2 nitrogen and oxygen atoms in total. The van der Waals surface area contributed by atoms with E-state index in [-0.39, 0.29) is 5.82 Å². The Hall–Kier alpha value is -2.55. The second-order valence-corrected chi connectivity index (χ2v) is 4.16. The molecule has 0 heterocycles. The first kappa shape index (κ1) is 12.9. The van der Waals surface area contributed by atoms with Gasteiger partial charge in [0.15, 0.2) is 0 Å². The van der Waals surface area contributed by atoms with Gasteiger partial charge in [-0.05, 0) is 42.0 Å². The van der Waals surface area contributed by atoms with Crippen molar-refractivity contribution >= 4 is 23.1 Å². The normalized spacial score (nSPS) is 9.95. The molecule has 0 spiro atoms. The van der Waals surface area contributed by atoms with Crippen molar-refractivity contribution in [3.05, 3.63) is 72.6 Å². The van der Waals surface area contributed by atoms with Crippen LogP contribution in [0.3, 0.4) is 0 Å². The lowest BCUT2D eigenvalue weighted by atomic mass is 10.0. The molecular weight excluding hydrogens is 239 g/mol. The first-order valence-electron chi connectivity index (χ1n) is 5.84. The van der Waals surface area contributed by atoms with Gasteiger partial charge in [-0.3, -0.25) is 0 Å². The lowest BCUT2D eigenvalue weighted by Crippen LogP contribution is -2.00. The van der Waals surface area contributed by atoms with Gasteiger partial charge in [-0.15, -0.1) is 0 Å². The largest absolute Gasteiger partial charge is 0.399 e. The van der Waals surface area contributed by atoms with Crippen molar-refractivity contribution in [2.45, 2.75) is 0 Å². The van der Waals surface area contributed by atoms with Crippen molar-refractivity contribution < 1.29 is 4.39 Å². The summed E-state index contributed by atoms with van der Waals surface area (Å²) in [6.45, 7) is 7.75. The Morgan fingerprint density at radius 2 is 1.84 bits per heavy atom. The van der Waals surface area contributed by atoms with Gasteiger partial charge in [-0.2, -0.15) is 0 Å². The molecule has 2 aromatic carbocycles. The van der Waals surface area contributed by atoms with E-state index in [4.69, 9.17) is 5.73 Å². The highest BCUT2D eigenvalue weighted by atomic mass is 19.1. The molecule has 2 rings (SSSR count). The SMILES string of the molecule is C=Cc1ccc(N)cc1C(=C)Nc1ccc(F)cc1. The number of rotatable bonds is 4. The van der Waals surface area contributed by atoms with Crippen LogP contribution in [0.1, 0.15) is 11.1 Å². The lowest BCUT2D eigenvalue weighted by molar-refractivity contribution is 0.628. The van der Waals surface area contributed by atoms with E-state index in [9.17, 15) is 4.39 Å². The van der Waals surface area contributed by atoms with E-state index in [2.05, 4.69) is 18.5 Å². The average molecular weight is 254 g/mol. The summed E-state index contributed by atoms with van der Waals surface area (Å²) in [4.78, 5) is 0. The molecule has 0 unspecified atom stereocenters. The molecule has 0 saturated heterocycles. The van der Waals surface area contributed by atoms with Crippen LogP contribution in [0.25, 0.3) is 11.8 Å². The smallest absolute Gasteiger partial charge is 0.123 e. The molecule has 3 heteroatoms. The number of anilines is 2. The molecule has 0 aliphatic rings. The standard InChI is InChI=1S/C16H15FN2/c1-3-12-4-7-14(18)10-16(12)11(2)19-15-8-5-13(17)6-9-15/h3-10,19H,1-2,18H2. The van der Waals surface area contributed by atoms with E-state index >= 15 is 0 Å². The number of nitrogen functional groups attached to an aromatic ring is 1. The zero-order valence-electron chi connectivity index (χ0n) is 10.5. The summed E-state index contributed by atoms with van der Waals surface area (Å²) in [5.41, 5.74) is 9.70. The topological polar surface area (TPSA) is 38.0 Å². The van der Waals surface area contributed by atoms with Gasteiger partial charge in [0.1, 0.15) is 5.82 Å². The third-order valence-corrected chi connectivity index (χ3v) is 2.76. The monoisotopic (exact) mass is 254 g/mol. The van der Waals surface area contributed by atoms with E-state index in [1.165, 1.54) is 12.1 Å². The van der Waals surface area contributed by atoms with Gasteiger partial charge in [0.2, 0.25) is 0 Å². The van der Waals surface area contributed by atoms with Crippen LogP contribution < -0.4 is 11.1 Å². The van der Waals surface area contributed by atoms with Crippen molar-refractivity contribution in [1.82, 2.24) is 0 Å². The zero-order chi connectivity index (χ0) is 13.8. The molecular formula is C16H15FN2. The number of hydrogen-bond donors (Lipinski definition) is 2. The molecule has 0 radical (unpaired) electrons. The Balaban J connectivity index is 2.27. The fourth-order valence-electron chi connectivity index (χ4n) is 1.79. The maximum atomic E-state index is 12.8. The summed E-state index contributed by atoms with van der Waals surface area (Å²) in [5.74, 6) is -0.271. The predicted molar refractivity (Wildman–Crippen MR) is 80.0 cm³/mol. The summed E-state index contributed by atoms with van der Waals surface area (Å²) in [6, 6.07) is 11.6. The number of hydrogen-bond acceptors (Lipinski definition) is 2. The fraction of sp³-hybridized carbons (Fsp3) is 0. The van der Waals surface area contributed by atoms with Crippen LogP contribution in [-0.4, -0.2) is 0 Å². The van der Waals surface area contributed by atoms with E-state index in [0.717, 1.165) is 16.8 Å². The number of nitrogens with two attached hydrogens (primary N) is 1. The molecule has 0 bridgehead atoms. The third kappa shape index (κ3) is 3.01. The van der Waals surface area contributed by atoms with E-state index in [1.807, 2.05) is 18.2 Å². The van der Waals surface area contributed by atoms with Gasteiger partial charge in [0, 0.05) is 22.6 Å². The van der Waals surface area contributed by atoms with Crippen LogP contribution in [0.15, 0.2) is 55.6 Å². The van der Waals surface area contributed by atoms with Crippen LogP contribution in [0.4, 0.5) is 15.8 Å². The summed E-state index contributed by atoms with van der Waals surface area (Å²) >= 11 is 0. The van der Waals surface area contributed by atoms with Crippen LogP contribution in [0.5, 0.6) is 0 Å². The Kier molecular flexibility index (Phi) is 3.66. The minimum atomic E-state index is -0.271. The second-order valence-electron chi connectivity index (χ2n) is 4.16. The minimum absolute atomic E-state index is 0.271. The summed E-state index contributed by atoms with van der Waals surface area (Å²) in [7, 11) is 0. The maximum absolute atomic E-state index is 12.8. The van der Waals surface area contributed by atoms with E-state index < -0.39 is 0 Å². The predicted octanol–water partition coefficient (Wildman–Crippen LogP) is 4.13. The van der Waals surface area contributed by atoms with Gasteiger partial charge in [-0.25, -0.2) is 4.39 Å². The molecule has 0 atom stereocenters. The maximum Gasteiger partial charge on any atom is 0.123 e. The number of benzene rings is 2. The first-order valence-corrected chi connectivity index (χ1v) is 5.84. The van der Waals surface area contributed by atoms with Gasteiger partial charge >= 0.3 is 0 Å². The minimum Gasteiger partial charge on any atom is -0.399 e. The molecule has 2 aromatic rings. The first-order chi connectivity index (χ1) is 9.10. The van der Waals surface area contributed by atoms with Crippen molar-refractivity contribution in [2.24, 2.45) is 0 Å². The molecule has 0 saturated carbocycles. The number of nitrogens with one attached hydrogen (secondary N) is 1. The Labute approximate surface area is 112 Å². The molecule has 0 aliphatic carbocycles. The molecule has 0 fully saturated rings. The highest BCUT2D eigenvalue weighted by Gasteiger charge is 2.05. The van der Waals surface area contributed by atoms with E-state index in [0.29, 0.717) is 11.4 Å². The number of halogens is 1. The summed E-state index contributed by atoms with van der Waals surface area (Å²) < 4.78 is 12.8. The van der Waals surface area contributed by atoms with E-state index in [1.54, 1.807) is 18.2 Å². The van der Waals surface area contributed by atoms with Crippen molar-refractivity contribution in [2.75, 3.05) is 11.1 Å². The third-order valence-electron chi connectivity index (χ3n) is 2.76. The van der Waals surface area contributed by atoms with Gasteiger partial charge in [0.05, 0.1) is 0 Å². The lowest BCUT2D eigenvalue weighted by Gasteiger charge is -2.13. The Morgan fingerprint density at radius 1 is 1.16 bits per heavy atom. The van der Waals surface area contributed by atoms with Crippen molar-refractivity contribution in [1.29, 1.82) is 0 Å². The van der Waals surface area contributed by atoms with Crippen LogP contribution in [0, 0.1) is 5.82 Å². The van der Waals surface area contributed by atoms with Crippen LogP contribution in [-0.2, 0) is 0 Å². The molecule has 96 valence electrons. The molecule has 0 amide bonds. The fourth-order valence-corrected chi connectivity index (χ4v) is 1.79. The molecule has 3 N–H and O–H groups in total. The average Bonchev–Trinajstić information content (AvgIpc) is 2.41. The van der Waals surface area contributed by atoms with Crippen molar-refractivity contribution in [3.63, 3.8) is 0 Å². The van der Waals surface area contributed by atoms with Crippen LogP contribution >= 0.6 is 0 Å². The molecule has 0 aromatic heterocycles. The molecule has 19 heavy (non-hydrogen) atoms. The van der Waals surface area contributed by atoms with Gasteiger partial charge in [-0.1, -0.05) is 25.3 Å². The second kappa shape index (κ2) is 5.40. The zero-order valence-corrected chi connectivity index (χ0v) is 10.5.